The number of carbonyl (C=O) groups excluding carboxylic acids is 1. The van der Waals surface area contributed by atoms with Gasteiger partial charge >= 0.3 is 0 Å². The van der Waals surface area contributed by atoms with Gasteiger partial charge in [0.1, 0.15) is 5.82 Å². The quantitative estimate of drug-likeness (QED) is 0.669. The predicted octanol–water partition coefficient (Wildman–Crippen LogP) is 2.34. The Balaban J connectivity index is 2.29. The second kappa shape index (κ2) is 6.32. The lowest BCUT2D eigenvalue weighted by Gasteiger charge is -2.26. The zero-order valence-corrected chi connectivity index (χ0v) is 11.9. The van der Waals surface area contributed by atoms with Crippen molar-refractivity contribution in [1.82, 2.24) is 9.88 Å². The molecule has 0 aliphatic carbocycles. The van der Waals surface area contributed by atoms with Gasteiger partial charge in [0.25, 0.3) is 5.91 Å². The molecule has 21 heavy (non-hydrogen) atoms. The first-order valence-electron chi connectivity index (χ1n) is 6.48. The number of nitrogens with one attached hydrogen (secondary N) is 1. The van der Waals surface area contributed by atoms with E-state index in [2.05, 4.69) is 10.4 Å². The van der Waals surface area contributed by atoms with E-state index in [0.29, 0.717) is 16.8 Å². The molecule has 110 valence electrons. The third kappa shape index (κ3) is 3.00. The summed E-state index contributed by atoms with van der Waals surface area (Å²) in [6.07, 6.45) is 2.97. The number of nitrogens with zero attached hydrogens (tertiary/aromatic N) is 2. The number of benzene rings is 1. The Hall–Kier alpha value is -2.47. The molecule has 1 aromatic carbocycles. The highest BCUT2D eigenvalue weighted by Gasteiger charge is 2.23. The number of amides is 1. The van der Waals surface area contributed by atoms with E-state index in [4.69, 9.17) is 5.84 Å². The summed E-state index contributed by atoms with van der Waals surface area (Å²) in [6.45, 7) is 1.77. The van der Waals surface area contributed by atoms with Gasteiger partial charge in [-0.1, -0.05) is 18.2 Å². The Labute approximate surface area is 122 Å². The Morgan fingerprint density at radius 3 is 2.76 bits per heavy atom. The number of anilines is 1. The van der Waals surface area contributed by atoms with E-state index in [1.807, 2.05) is 0 Å². The van der Waals surface area contributed by atoms with Gasteiger partial charge in [-0.25, -0.2) is 4.39 Å². The van der Waals surface area contributed by atoms with Gasteiger partial charge in [0, 0.05) is 25.0 Å². The molecule has 1 unspecified atom stereocenters. The third-order valence-electron chi connectivity index (χ3n) is 3.46. The molecular weight excluding hydrogens is 271 g/mol. The van der Waals surface area contributed by atoms with Crippen molar-refractivity contribution in [3.8, 4) is 0 Å². The number of hydrogen-bond donors (Lipinski definition) is 2. The normalized spacial score (nSPS) is 11.8. The lowest BCUT2D eigenvalue weighted by Crippen LogP contribution is -2.31. The Bertz CT molecular complexity index is 647. The number of aromatic nitrogens is 1. The van der Waals surface area contributed by atoms with Crippen LogP contribution in [-0.4, -0.2) is 22.8 Å². The number of rotatable bonds is 4. The van der Waals surface area contributed by atoms with E-state index in [9.17, 15) is 9.18 Å². The van der Waals surface area contributed by atoms with Gasteiger partial charge in [0.2, 0.25) is 0 Å². The molecule has 0 radical (unpaired) electrons. The van der Waals surface area contributed by atoms with E-state index in [1.165, 1.54) is 23.4 Å². The van der Waals surface area contributed by atoms with Crippen LogP contribution in [0.4, 0.5) is 10.1 Å². The maximum Gasteiger partial charge on any atom is 0.257 e. The number of hydrazine groups is 1. The molecule has 6 heteroatoms. The minimum Gasteiger partial charge on any atom is -0.335 e. The summed E-state index contributed by atoms with van der Waals surface area (Å²) >= 11 is 0. The topological polar surface area (TPSA) is 71.2 Å². The van der Waals surface area contributed by atoms with Crippen LogP contribution in [0.1, 0.15) is 28.9 Å². The Morgan fingerprint density at radius 2 is 2.10 bits per heavy atom. The number of halogens is 1. The fourth-order valence-electron chi connectivity index (χ4n) is 2.08. The predicted molar refractivity (Wildman–Crippen MR) is 79.0 cm³/mol. The highest BCUT2D eigenvalue weighted by molar-refractivity contribution is 5.99. The number of carbonyl (C=O) groups is 1. The Kier molecular flexibility index (Phi) is 4.49. The van der Waals surface area contributed by atoms with Crippen LogP contribution in [0.15, 0.2) is 42.7 Å². The molecule has 2 rings (SSSR count). The second-order valence-corrected chi connectivity index (χ2v) is 4.68. The van der Waals surface area contributed by atoms with Gasteiger partial charge in [0.05, 0.1) is 17.3 Å². The van der Waals surface area contributed by atoms with Crippen LogP contribution in [0.3, 0.4) is 0 Å². The van der Waals surface area contributed by atoms with Gasteiger partial charge in [-0.15, -0.1) is 0 Å². The van der Waals surface area contributed by atoms with Crippen molar-refractivity contribution < 1.29 is 9.18 Å². The van der Waals surface area contributed by atoms with Crippen molar-refractivity contribution in [2.45, 2.75) is 13.0 Å². The Morgan fingerprint density at radius 1 is 1.38 bits per heavy atom. The van der Waals surface area contributed by atoms with Crippen LogP contribution in [0, 0.1) is 5.82 Å². The van der Waals surface area contributed by atoms with Gasteiger partial charge in [0.15, 0.2) is 0 Å². The third-order valence-corrected chi connectivity index (χ3v) is 3.46. The van der Waals surface area contributed by atoms with E-state index in [1.54, 1.807) is 38.2 Å². The number of nitrogens with two attached hydrogens (primary N) is 1. The first-order chi connectivity index (χ1) is 10.1. The van der Waals surface area contributed by atoms with Crippen molar-refractivity contribution in [2.75, 3.05) is 12.5 Å². The first-order valence-corrected chi connectivity index (χ1v) is 6.48. The number of nitrogen functional groups attached to an aromatic ring is 1. The van der Waals surface area contributed by atoms with Crippen molar-refractivity contribution in [3.05, 3.63) is 59.7 Å². The molecule has 1 amide bonds. The molecule has 0 saturated heterocycles. The average Bonchev–Trinajstić information content (AvgIpc) is 2.53. The highest BCUT2D eigenvalue weighted by Crippen LogP contribution is 2.24. The molecule has 0 fully saturated rings. The van der Waals surface area contributed by atoms with Crippen LogP contribution >= 0.6 is 0 Å². The molecule has 0 spiro atoms. The molecule has 0 aliphatic heterocycles. The fraction of sp³-hybridized carbons (Fsp3) is 0.200. The summed E-state index contributed by atoms with van der Waals surface area (Å²) < 4.78 is 13.8. The van der Waals surface area contributed by atoms with Crippen LogP contribution in [-0.2, 0) is 0 Å². The number of pyridine rings is 1. The van der Waals surface area contributed by atoms with Crippen molar-refractivity contribution >= 4 is 11.6 Å². The molecule has 3 N–H and O–H groups in total. The minimum absolute atomic E-state index is 0.285. The first kappa shape index (κ1) is 14.9. The van der Waals surface area contributed by atoms with Crippen molar-refractivity contribution in [1.29, 1.82) is 0 Å². The number of hydrogen-bond acceptors (Lipinski definition) is 4. The molecule has 0 aliphatic rings. The summed E-state index contributed by atoms with van der Waals surface area (Å²) in [5.41, 5.74) is 3.73. The largest absolute Gasteiger partial charge is 0.335 e. The average molecular weight is 288 g/mol. The lowest BCUT2D eigenvalue weighted by molar-refractivity contribution is 0.0741. The molecule has 1 heterocycles. The standard InChI is InChI=1S/C15H17FN4O/c1-10(11-5-3-4-6-13(11)16)20(2)15(21)12-9-18-8-7-14(12)19-17/h3-10H,17H2,1-2H3,(H,18,19). The van der Waals surface area contributed by atoms with Gasteiger partial charge in [-0.2, -0.15) is 0 Å². The molecule has 2 aromatic rings. The maximum atomic E-state index is 13.8. The molecule has 5 nitrogen and oxygen atoms in total. The minimum atomic E-state index is -0.412. The molecular formula is C15H17FN4O. The smallest absolute Gasteiger partial charge is 0.257 e. The summed E-state index contributed by atoms with van der Waals surface area (Å²) in [7, 11) is 1.62. The fourth-order valence-corrected chi connectivity index (χ4v) is 2.08. The van der Waals surface area contributed by atoms with Crippen LogP contribution in [0.5, 0.6) is 0 Å². The van der Waals surface area contributed by atoms with Crippen LogP contribution in [0.25, 0.3) is 0 Å². The van der Waals surface area contributed by atoms with Gasteiger partial charge in [-0.05, 0) is 19.1 Å². The molecule has 1 atom stereocenters. The van der Waals surface area contributed by atoms with Crippen LogP contribution in [0.2, 0.25) is 0 Å². The van der Waals surface area contributed by atoms with E-state index >= 15 is 0 Å². The summed E-state index contributed by atoms with van der Waals surface area (Å²) in [5.74, 6) is 4.77. The molecule has 0 bridgehead atoms. The summed E-state index contributed by atoms with van der Waals surface area (Å²) in [4.78, 5) is 17.9. The maximum absolute atomic E-state index is 13.8. The van der Waals surface area contributed by atoms with E-state index in [-0.39, 0.29) is 11.7 Å². The van der Waals surface area contributed by atoms with Crippen LogP contribution < -0.4 is 11.3 Å². The van der Waals surface area contributed by atoms with Crippen molar-refractivity contribution in [3.63, 3.8) is 0 Å². The monoisotopic (exact) mass is 288 g/mol. The van der Waals surface area contributed by atoms with E-state index < -0.39 is 6.04 Å². The second-order valence-electron chi connectivity index (χ2n) is 4.68. The van der Waals surface area contributed by atoms with E-state index in [0.717, 1.165) is 0 Å². The highest BCUT2D eigenvalue weighted by atomic mass is 19.1. The summed E-state index contributed by atoms with van der Waals surface area (Å²) in [5, 5.41) is 0. The zero-order valence-electron chi connectivity index (χ0n) is 11.9. The zero-order chi connectivity index (χ0) is 15.4. The van der Waals surface area contributed by atoms with Crippen molar-refractivity contribution in [2.24, 2.45) is 5.84 Å². The lowest BCUT2D eigenvalue weighted by atomic mass is 10.1. The van der Waals surface area contributed by atoms with Gasteiger partial charge in [-0.3, -0.25) is 15.6 Å². The van der Waals surface area contributed by atoms with Gasteiger partial charge < -0.3 is 10.3 Å². The molecule has 0 saturated carbocycles. The molecule has 1 aromatic heterocycles. The summed E-state index contributed by atoms with van der Waals surface area (Å²) in [6, 6.07) is 7.59. The SMILES string of the molecule is CC(c1ccccc1F)N(C)C(=O)c1cnccc1NN.